The van der Waals surface area contributed by atoms with Crippen LogP contribution in [0.4, 0.5) is 0 Å². The van der Waals surface area contributed by atoms with Gasteiger partial charge < -0.3 is 15.2 Å². The number of benzene rings is 1. The van der Waals surface area contributed by atoms with Crippen LogP contribution in [0.5, 0.6) is 0 Å². The van der Waals surface area contributed by atoms with Gasteiger partial charge in [-0.05, 0) is 18.1 Å². The van der Waals surface area contributed by atoms with Gasteiger partial charge in [0.2, 0.25) is 0 Å². The molecule has 0 aliphatic rings. The van der Waals surface area contributed by atoms with Crippen molar-refractivity contribution in [2.45, 2.75) is 25.9 Å². The highest BCUT2D eigenvalue weighted by atomic mass is 15.3. The Morgan fingerprint density at radius 2 is 1.89 bits per heavy atom. The minimum Gasteiger partial charge on any atom is -0.356 e. The van der Waals surface area contributed by atoms with Gasteiger partial charge in [-0.25, -0.2) is 4.98 Å². The lowest BCUT2D eigenvalue weighted by Gasteiger charge is -2.12. The molecule has 0 radical (unpaired) electrons. The predicted octanol–water partition coefficient (Wildman–Crippen LogP) is 1.93. The molecule has 3 rings (SSSR count). The number of aromatic nitrogens is 4. The molecule has 0 aliphatic carbocycles. The molecule has 0 fully saturated rings. The summed E-state index contributed by atoms with van der Waals surface area (Å²) < 4.78 is 4.13. The van der Waals surface area contributed by atoms with Gasteiger partial charge in [0.25, 0.3) is 0 Å². The predicted molar refractivity (Wildman–Crippen MR) is 108 cm³/mol. The summed E-state index contributed by atoms with van der Waals surface area (Å²) in [6.45, 7) is 3.37. The van der Waals surface area contributed by atoms with E-state index < -0.39 is 0 Å². The second-order valence-corrected chi connectivity index (χ2v) is 6.26. The van der Waals surface area contributed by atoms with Crippen molar-refractivity contribution >= 4 is 5.96 Å². The summed E-state index contributed by atoms with van der Waals surface area (Å²) >= 11 is 0. The lowest BCUT2D eigenvalue weighted by atomic mass is 10.2. The number of aryl methyl sites for hydroxylation is 1. The summed E-state index contributed by atoms with van der Waals surface area (Å²) in [5, 5.41) is 10.9. The molecule has 0 saturated carbocycles. The number of nitrogens with one attached hydrogen (secondary N) is 2. The molecule has 2 aromatic heterocycles. The van der Waals surface area contributed by atoms with E-state index in [1.54, 1.807) is 13.2 Å². The van der Waals surface area contributed by atoms with Gasteiger partial charge in [-0.15, -0.1) is 0 Å². The van der Waals surface area contributed by atoms with E-state index in [1.807, 2.05) is 35.4 Å². The summed E-state index contributed by atoms with van der Waals surface area (Å²) in [4.78, 5) is 8.77. The third-order valence-electron chi connectivity index (χ3n) is 4.28. The molecule has 2 N–H and O–H groups in total. The molecule has 2 heterocycles. The summed E-state index contributed by atoms with van der Waals surface area (Å²) in [5.41, 5.74) is 1.28. The van der Waals surface area contributed by atoms with Gasteiger partial charge in [-0.2, -0.15) is 5.10 Å². The number of nitrogens with zero attached hydrogens (tertiary/aromatic N) is 5. The summed E-state index contributed by atoms with van der Waals surface area (Å²) in [6.07, 6.45) is 9.50. The fraction of sp³-hybridized carbons (Fsp3) is 0.350. The zero-order valence-electron chi connectivity index (χ0n) is 15.8. The molecule has 7 nitrogen and oxygen atoms in total. The largest absolute Gasteiger partial charge is 0.356 e. The van der Waals surface area contributed by atoms with Gasteiger partial charge >= 0.3 is 0 Å². The maximum Gasteiger partial charge on any atom is 0.190 e. The molecule has 1 aromatic carbocycles. The summed E-state index contributed by atoms with van der Waals surface area (Å²) in [6, 6.07) is 12.4. The van der Waals surface area contributed by atoms with Gasteiger partial charge in [-0.3, -0.25) is 9.67 Å². The Hall–Kier alpha value is -3.09. The van der Waals surface area contributed by atoms with Crippen molar-refractivity contribution in [3.8, 4) is 0 Å². The molecule has 0 atom stereocenters. The van der Waals surface area contributed by atoms with Crippen molar-refractivity contribution < 1.29 is 0 Å². The fourth-order valence-electron chi connectivity index (χ4n) is 2.89. The van der Waals surface area contributed by atoms with E-state index in [1.165, 1.54) is 5.56 Å². The Bertz CT molecular complexity index is 806. The second kappa shape index (κ2) is 10.2. The van der Waals surface area contributed by atoms with Crippen molar-refractivity contribution in [3.63, 3.8) is 0 Å². The number of aliphatic imine (C=N–C) groups is 1. The van der Waals surface area contributed by atoms with Gasteiger partial charge in [0.15, 0.2) is 5.96 Å². The molecule has 0 saturated heterocycles. The van der Waals surface area contributed by atoms with Crippen LogP contribution in [0.2, 0.25) is 0 Å². The Kier molecular flexibility index (Phi) is 7.03. The van der Waals surface area contributed by atoms with Gasteiger partial charge in [0, 0.05) is 64.4 Å². The summed E-state index contributed by atoms with van der Waals surface area (Å²) in [7, 11) is 1.79. The van der Waals surface area contributed by atoms with Crippen LogP contribution in [0.25, 0.3) is 0 Å². The van der Waals surface area contributed by atoms with Crippen molar-refractivity contribution in [2.24, 2.45) is 4.99 Å². The molecule has 7 heteroatoms. The first kappa shape index (κ1) is 18.7. The van der Waals surface area contributed by atoms with Crippen LogP contribution >= 0.6 is 0 Å². The fourth-order valence-corrected chi connectivity index (χ4v) is 2.89. The second-order valence-electron chi connectivity index (χ2n) is 6.26. The molecule has 0 aliphatic heterocycles. The van der Waals surface area contributed by atoms with Crippen LogP contribution in [0.1, 0.15) is 17.8 Å². The number of imidazole rings is 1. The number of hydrogen-bond acceptors (Lipinski definition) is 3. The topological polar surface area (TPSA) is 72.1 Å². The zero-order valence-corrected chi connectivity index (χ0v) is 15.8. The maximum atomic E-state index is 4.49. The molecular weight excluding hydrogens is 338 g/mol. The molecule has 3 aromatic rings. The van der Waals surface area contributed by atoms with Crippen molar-refractivity contribution in [1.29, 1.82) is 0 Å². The van der Waals surface area contributed by atoms with Crippen LogP contribution in [-0.4, -0.2) is 45.4 Å². The quantitative estimate of drug-likeness (QED) is 0.345. The number of hydrogen-bond donors (Lipinski definition) is 2. The molecule has 142 valence electrons. The SMILES string of the molecule is CN=C(NCCCn1cccn1)NCCc1nccn1Cc1ccccc1. The normalized spacial score (nSPS) is 11.5. The van der Waals surface area contributed by atoms with Gasteiger partial charge in [-0.1, -0.05) is 30.3 Å². The highest BCUT2D eigenvalue weighted by Crippen LogP contribution is 2.05. The Morgan fingerprint density at radius 3 is 2.67 bits per heavy atom. The standard InChI is InChI=1S/C20H27N7/c1-21-20(23-10-5-14-27-15-6-11-25-27)24-12-9-19-22-13-16-26(19)17-18-7-3-2-4-8-18/h2-4,6-8,11,13,15-16H,5,9-10,12,14,17H2,1H3,(H2,21,23,24). The van der Waals surface area contributed by atoms with Crippen LogP contribution in [0, 0.1) is 0 Å². The Morgan fingerprint density at radius 1 is 1.04 bits per heavy atom. The van der Waals surface area contributed by atoms with Crippen LogP contribution in [0.15, 0.2) is 66.2 Å². The summed E-state index contributed by atoms with van der Waals surface area (Å²) in [5.74, 6) is 1.89. The number of guanidine groups is 1. The third-order valence-corrected chi connectivity index (χ3v) is 4.28. The molecule has 0 unspecified atom stereocenters. The maximum absolute atomic E-state index is 4.49. The van der Waals surface area contributed by atoms with E-state index in [4.69, 9.17) is 0 Å². The molecular formula is C20H27N7. The van der Waals surface area contributed by atoms with Crippen molar-refractivity contribution in [1.82, 2.24) is 30.0 Å². The van der Waals surface area contributed by atoms with Crippen LogP contribution < -0.4 is 10.6 Å². The van der Waals surface area contributed by atoms with Crippen molar-refractivity contribution in [2.75, 3.05) is 20.1 Å². The smallest absolute Gasteiger partial charge is 0.190 e. The average molecular weight is 365 g/mol. The van der Waals surface area contributed by atoms with Crippen LogP contribution in [-0.2, 0) is 19.5 Å². The molecule has 0 spiro atoms. The Balaban J connectivity index is 1.39. The molecule has 0 amide bonds. The molecule has 0 bridgehead atoms. The van der Waals surface area contributed by atoms with E-state index >= 15 is 0 Å². The Labute approximate surface area is 160 Å². The highest BCUT2D eigenvalue weighted by Gasteiger charge is 2.04. The minimum absolute atomic E-state index is 0.782. The highest BCUT2D eigenvalue weighted by molar-refractivity contribution is 5.79. The lowest BCUT2D eigenvalue weighted by Crippen LogP contribution is -2.39. The monoisotopic (exact) mass is 365 g/mol. The van der Waals surface area contributed by atoms with E-state index in [2.05, 4.69) is 54.5 Å². The zero-order chi connectivity index (χ0) is 18.7. The van der Waals surface area contributed by atoms with E-state index in [0.717, 1.165) is 50.8 Å². The third kappa shape index (κ3) is 5.99. The van der Waals surface area contributed by atoms with Crippen molar-refractivity contribution in [3.05, 3.63) is 72.6 Å². The first-order chi connectivity index (χ1) is 13.3. The number of rotatable bonds is 9. The minimum atomic E-state index is 0.782. The van der Waals surface area contributed by atoms with Gasteiger partial charge in [0.1, 0.15) is 5.82 Å². The first-order valence-corrected chi connectivity index (χ1v) is 9.31. The molecule has 27 heavy (non-hydrogen) atoms. The van der Waals surface area contributed by atoms with Gasteiger partial charge in [0.05, 0.1) is 0 Å². The van der Waals surface area contributed by atoms with E-state index in [9.17, 15) is 0 Å². The van der Waals surface area contributed by atoms with E-state index in [0.29, 0.717) is 0 Å². The first-order valence-electron chi connectivity index (χ1n) is 9.31. The average Bonchev–Trinajstić information content (AvgIpc) is 3.37. The lowest BCUT2D eigenvalue weighted by molar-refractivity contribution is 0.570. The van der Waals surface area contributed by atoms with Crippen LogP contribution in [0.3, 0.4) is 0 Å². The van der Waals surface area contributed by atoms with E-state index in [-0.39, 0.29) is 0 Å².